The van der Waals surface area contributed by atoms with Gasteiger partial charge in [0.2, 0.25) is 10.0 Å². The Kier molecular flexibility index (Phi) is 3.55. The first-order chi connectivity index (χ1) is 8.63. The van der Waals surface area contributed by atoms with Gasteiger partial charge in [-0.05, 0) is 12.1 Å². The van der Waals surface area contributed by atoms with Crippen LogP contribution in [0.25, 0.3) is 0 Å². The quantitative estimate of drug-likeness (QED) is 0.508. The normalized spacial score (nSPS) is 11.4. The van der Waals surface area contributed by atoms with Gasteiger partial charge in [-0.15, -0.1) is 0 Å². The summed E-state index contributed by atoms with van der Waals surface area (Å²) in [4.78, 5) is 3.78. The first kappa shape index (κ1) is 12.5. The number of sulfonamides is 1. The van der Waals surface area contributed by atoms with Crippen LogP contribution in [0.15, 0.2) is 40.0 Å². The molecule has 0 amide bonds. The number of pyridine rings is 1. The van der Waals surface area contributed by atoms with Crippen LogP contribution in [0.5, 0.6) is 0 Å². The number of hydrogen-bond donors (Lipinski definition) is 3. The van der Waals surface area contributed by atoms with Crippen LogP contribution in [-0.2, 0) is 16.6 Å². The molecule has 0 saturated carbocycles. The van der Waals surface area contributed by atoms with Crippen LogP contribution < -0.4 is 16.0 Å². The zero-order valence-corrected chi connectivity index (χ0v) is 10.0. The van der Waals surface area contributed by atoms with E-state index in [0.717, 1.165) is 0 Å². The molecule has 0 atom stereocenters. The molecule has 18 heavy (non-hydrogen) atoms. The minimum Gasteiger partial charge on any atom is -0.360 e. The first-order valence-electron chi connectivity index (χ1n) is 4.94. The molecule has 0 unspecified atom stereocenters. The molecular formula is C9H11N5O3S. The molecule has 0 aliphatic rings. The molecule has 2 aromatic rings. The molecule has 8 nitrogen and oxygen atoms in total. The van der Waals surface area contributed by atoms with E-state index in [-0.39, 0.29) is 17.3 Å². The van der Waals surface area contributed by atoms with Gasteiger partial charge in [0.05, 0.1) is 12.7 Å². The van der Waals surface area contributed by atoms with Crippen LogP contribution in [-0.4, -0.2) is 18.6 Å². The minimum atomic E-state index is -3.72. The van der Waals surface area contributed by atoms with Crippen LogP contribution in [0, 0.1) is 0 Å². The summed E-state index contributed by atoms with van der Waals surface area (Å²) in [5, 5.41) is 3.47. The van der Waals surface area contributed by atoms with Gasteiger partial charge >= 0.3 is 0 Å². The molecule has 0 fully saturated rings. The average Bonchev–Trinajstić information content (AvgIpc) is 2.89. The van der Waals surface area contributed by atoms with Crippen LogP contribution >= 0.6 is 0 Å². The van der Waals surface area contributed by atoms with Gasteiger partial charge in [-0.3, -0.25) is 0 Å². The van der Waals surface area contributed by atoms with Crippen molar-refractivity contribution >= 4 is 15.8 Å². The Labute approximate surface area is 103 Å². The Bertz CT molecular complexity index is 611. The summed E-state index contributed by atoms with van der Waals surface area (Å²) in [6.45, 7) is 0.00123. The van der Waals surface area contributed by atoms with E-state index in [0.29, 0.717) is 5.76 Å². The highest BCUT2D eigenvalue weighted by atomic mass is 32.2. The Morgan fingerprint density at radius 1 is 1.33 bits per heavy atom. The van der Waals surface area contributed by atoms with E-state index in [1.165, 1.54) is 24.5 Å². The molecule has 0 aliphatic carbocycles. The van der Waals surface area contributed by atoms with E-state index >= 15 is 0 Å². The Morgan fingerprint density at radius 2 is 2.17 bits per heavy atom. The van der Waals surface area contributed by atoms with Crippen molar-refractivity contribution in [2.45, 2.75) is 11.4 Å². The lowest BCUT2D eigenvalue weighted by Gasteiger charge is -2.08. The van der Waals surface area contributed by atoms with Crippen molar-refractivity contribution in [3.63, 3.8) is 0 Å². The smallest absolute Gasteiger partial charge is 0.244 e. The van der Waals surface area contributed by atoms with Crippen molar-refractivity contribution in [2.75, 3.05) is 5.43 Å². The topological polar surface area (TPSA) is 123 Å². The SMILES string of the molecule is NNc1ncccc1S(=O)(=O)NCc1ccno1. The second kappa shape index (κ2) is 5.12. The number of anilines is 1. The third-order valence-corrected chi connectivity index (χ3v) is 3.56. The van der Waals surface area contributed by atoms with E-state index in [2.05, 4.69) is 20.3 Å². The summed E-state index contributed by atoms with van der Waals surface area (Å²) in [7, 11) is -3.72. The molecule has 4 N–H and O–H groups in total. The Balaban J connectivity index is 2.20. The van der Waals surface area contributed by atoms with E-state index in [9.17, 15) is 8.42 Å². The van der Waals surface area contributed by atoms with Crippen LogP contribution in [0.2, 0.25) is 0 Å². The molecule has 2 aromatic heterocycles. The number of aromatic nitrogens is 2. The van der Waals surface area contributed by atoms with Crippen molar-refractivity contribution in [1.29, 1.82) is 0 Å². The summed E-state index contributed by atoms with van der Waals surface area (Å²) in [5.74, 6) is 5.68. The first-order valence-corrected chi connectivity index (χ1v) is 6.42. The average molecular weight is 269 g/mol. The van der Waals surface area contributed by atoms with Crippen molar-refractivity contribution in [2.24, 2.45) is 5.84 Å². The molecule has 9 heteroatoms. The number of nitrogens with zero attached hydrogens (tertiary/aromatic N) is 2. The fourth-order valence-electron chi connectivity index (χ4n) is 1.29. The number of hydrogen-bond acceptors (Lipinski definition) is 7. The van der Waals surface area contributed by atoms with E-state index in [1.807, 2.05) is 0 Å². The van der Waals surface area contributed by atoms with Gasteiger partial charge in [-0.2, -0.15) is 0 Å². The lowest BCUT2D eigenvalue weighted by molar-refractivity contribution is 0.380. The standard InChI is InChI=1S/C9H11N5O3S/c10-14-9-8(2-1-4-11-9)18(15,16)13-6-7-3-5-12-17-7/h1-5,13H,6,10H2,(H,11,14). The highest BCUT2D eigenvalue weighted by Crippen LogP contribution is 2.16. The third-order valence-electron chi connectivity index (χ3n) is 2.12. The van der Waals surface area contributed by atoms with Gasteiger partial charge in [-0.1, -0.05) is 5.16 Å². The van der Waals surface area contributed by atoms with Gasteiger partial charge in [0.15, 0.2) is 11.6 Å². The monoisotopic (exact) mass is 269 g/mol. The predicted octanol–water partition coefficient (Wildman–Crippen LogP) is -0.166. The number of hydrazine groups is 1. The van der Waals surface area contributed by atoms with Crippen molar-refractivity contribution in [1.82, 2.24) is 14.9 Å². The summed E-state index contributed by atoms with van der Waals surface area (Å²) in [6.07, 6.45) is 2.87. The minimum absolute atomic E-state index is 0.00123. The van der Waals surface area contributed by atoms with Crippen LogP contribution in [0.4, 0.5) is 5.82 Å². The Morgan fingerprint density at radius 3 is 2.83 bits per heavy atom. The zero-order chi connectivity index (χ0) is 13.0. The van der Waals surface area contributed by atoms with Crippen molar-refractivity contribution in [3.8, 4) is 0 Å². The maximum absolute atomic E-state index is 12.0. The maximum Gasteiger partial charge on any atom is 0.244 e. The summed E-state index contributed by atoms with van der Waals surface area (Å²) >= 11 is 0. The zero-order valence-electron chi connectivity index (χ0n) is 9.20. The summed E-state index contributed by atoms with van der Waals surface area (Å²) in [5.41, 5.74) is 2.23. The molecule has 0 bridgehead atoms. The second-order valence-electron chi connectivity index (χ2n) is 3.30. The molecule has 2 heterocycles. The van der Waals surface area contributed by atoms with Crippen LogP contribution in [0.3, 0.4) is 0 Å². The van der Waals surface area contributed by atoms with E-state index < -0.39 is 10.0 Å². The summed E-state index contributed by atoms with van der Waals surface area (Å²) in [6, 6.07) is 4.46. The largest absolute Gasteiger partial charge is 0.360 e. The molecule has 2 rings (SSSR count). The summed E-state index contributed by atoms with van der Waals surface area (Å²) < 4.78 is 31.1. The van der Waals surface area contributed by atoms with E-state index in [1.54, 1.807) is 6.07 Å². The highest BCUT2D eigenvalue weighted by Gasteiger charge is 2.19. The van der Waals surface area contributed by atoms with Gasteiger partial charge in [0, 0.05) is 12.3 Å². The second-order valence-corrected chi connectivity index (χ2v) is 5.03. The lowest BCUT2D eigenvalue weighted by atomic mass is 10.5. The third kappa shape index (κ3) is 2.64. The molecule has 0 radical (unpaired) electrons. The van der Waals surface area contributed by atoms with Crippen molar-refractivity contribution < 1.29 is 12.9 Å². The molecule has 0 spiro atoms. The molecule has 96 valence electrons. The van der Waals surface area contributed by atoms with Crippen molar-refractivity contribution in [3.05, 3.63) is 36.4 Å². The number of nitrogens with one attached hydrogen (secondary N) is 2. The number of rotatable bonds is 5. The van der Waals surface area contributed by atoms with E-state index in [4.69, 9.17) is 10.4 Å². The number of nitrogen functional groups attached to an aromatic ring is 1. The highest BCUT2D eigenvalue weighted by molar-refractivity contribution is 7.89. The fraction of sp³-hybridized carbons (Fsp3) is 0.111. The molecule has 0 aromatic carbocycles. The van der Waals surface area contributed by atoms with Crippen LogP contribution in [0.1, 0.15) is 5.76 Å². The van der Waals surface area contributed by atoms with Gasteiger partial charge in [0.1, 0.15) is 4.90 Å². The van der Waals surface area contributed by atoms with Gasteiger partial charge < -0.3 is 9.95 Å². The molecule has 0 saturated heterocycles. The van der Waals surface area contributed by atoms with Gasteiger partial charge in [-0.25, -0.2) is 24.0 Å². The number of nitrogens with two attached hydrogens (primary N) is 1. The Hall–Kier alpha value is -1.97. The molecule has 0 aliphatic heterocycles. The predicted molar refractivity (Wildman–Crippen MR) is 62.6 cm³/mol. The lowest BCUT2D eigenvalue weighted by Crippen LogP contribution is -2.25. The molecular weight excluding hydrogens is 258 g/mol. The maximum atomic E-state index is 12.0. The van der Waals surface area contributed by atoms with Gasteiger partial charge in [0.25, 0.3) is 0 Å². The fourth-order valence-corrected chi connectivity index (χ4v) is 2.40.